The maximum atomic E-state index is 3.77. The number of hydrogen-bond acceptors (Lipinski definition) is 1. The SMILES string of the molecule is CC(C)CC(C)N[C@H]1CC[C@H](C)CC1. The molecule has 0 saturated heterocycles. The molecule has 1 aliphatic carbocycles. The van der Waals surface area contributed by atoms with Crippen molar-refractivity contribution >= 4 is 0 Å². The van der Waals surface area contributed by atoms with Crippen molar-refractivity contribution in [3.05, 3.63) is 0 Å². The van der Waals surface area contributed by atoms with Crippen molar-refractivity contribution in [1.29, 1.82) is 0 Å². The van der Waals surface area contributed by atoms with Gasteiger partial charge in [0.1, 0.15) is 0 Å². The third-order valence-electron chi connectivity index (χ3n) is 3.36. The lowest BCUT2D eigenvalue weighted by Crippen LogP contribution is -2.39. The molecule has 84 valence electrons. The first kappa shape index (κ1) is 12.0. The Kier molecular flexibility index (Phi) is 4.94. The van der Waals surface area contributed by atoms with E-state index >= 15 is 0 Å². The second kappa shape index (κ2) is 5.75. The standard InChI is InChI=1S/C13H27N/c1-10(2)9-12(4)14-13-7-5-11(3)6-8-13/h10-14H,5-9H2,1-4H3/t11-,12?,13-. The fraction of sp³-hybridized carbons (Fsp3) is 1.00. The second-order valence-electron chi connectivity index (χ2n) is 5.65. The summed E-state index contributed by atoms with van der Waals surface area (Å²) in [6.45, 7) is 9.33. The number of nitrogens with one attached hydrogen (secondary N) is 1. The van der Waals surface area contributed by atoms with E-state index in [9.17, 15) is 0 Å². The van der Waals surface area contributed by atoms with Gasteiger partial charge >= 0.3 is 0 Å². The largest absolute Gasteiger partial charge is 0.311 e. The van der Waals surface area contributed by atoms with Gasteiger partial charge in [-0.15, -0.1) is 0 Å². The molecule has 1 unspecified atom stereocenters. The van der Waals surface area contributed by atoms with Gasteiger partial charge in [0.15, 0.2) is 0 Å². The Balaban J connectivity index is 2.17. The molecule has 14 heavy (non-hydrogen) atoms. The van der Waals surface area contributed by atoms with Crippen LogP contribution >= 0.6 is 0 Å². The van der Waals surface area contributed by atoms with E-state index in [1.54, 1.807) is 0 Å². The fourth-order valence-corrected chi connectivity index (χ4v) is 2.60. The van der Waals surface area contributed by atoms with Crippen LogP contribution in [0.3, 0.4) is 0 Å². The van der Waals surface area contributed by atoms with E-state index in [1.807, 2.05) is 0 Å². The van der Waals surface area contributed by atoms with E-state index in [4.69, 9.17) is 0 Å². The summed E-state index contributed by atoms with van der Waals surface area (Å²) >= 11 is 0. The van der Waals surface area contributed by atoms with Crippen molar-refractivity contribution in [2.75, 3.05) is 0 Å². The van der Waals surface area contributed by atoms with Crippen molar-refractivity contribution < 1.29 is 0 Å². The van der Waals surface area contributed by atoms with Crippen molar-refractivity contribution in [3.63, 3.8) is 0 Å². The quantitative estimate of drug-likeness (QED) is 0.726. The van der Waals surface area contributed by atoms with Gasteiger partial charge in [0.2, 0.25) is 0 Å². The Hall–Kier alpha value is -0.0400. The zero-order valence-electron chi connectivity index (χ0n) is 10.3. The number of hydrogen-bond donors (Lipinski definition) is 1. The summed E-state index contributed by atoms with van der Waals surface area (Å²) in [7, 11) is 0. The summed E-state index contributed by atoms with van der Waals surface area (Å²) in [4.78, 5) is 0. The molecule has 0 heterocycles. The number of rotatable bonds is 4. The molecule has 0 radical (unpaired) electrons. The summed E-state index contributed by atoms with van der Waals surface area (Å²) in [6, 6.07) is 1.51. The molecule has 1 fully saturated rings. The average molecular weight is 197 g/mol. The molecule has 1 aliphatic rings. The summed E-state index contributed by atoms with van der Waals surface area (Å²) in [5, 5.41) is 3.77. The van der Waals surface area contributed by atoms with Crippen molar-refractivity contribution in [1.82, 2.24) is 5.32 Å². The molecule has 0 aromatic carbocycles. The highest BCUT2D eigenvalue weighted by atomic mass is 14.9. The first-order valence-electron chi connectivity index (χ1n) is 6.34. The fourth-order valence-electron chi connectivity index (χ4n) is 2.60. The molecule has 1 saturated carbocycles. The summed E-state index contributed by atoms with van der Waals surface area (Å²) in [5.74, 6) is 1.79. The van der Waals surface area contributed by atoms with E-state index in [2.05, 4.69) is 33.0 Å². The van der Waals surface area contributed by atoms with Crippen LogP contribution in [0.2, 0.25) is 0 Å². The highest BCUT2D eigenvalue weighted by molar-refractivity contribution is 4.78. The molecule has 1 N–H and O–H groups in total. The Labute approximate surface area is 89.7 Å². The maximum absolute atomic E-state index is 3.77. The second-order valence-corrected chi connectivity index (χ2v) is 5.65. The Morgan fingerprint density at radius 1 is 1.07 bits per heavy atom. The highest BCUT2D eigenvalue weighted by Crippen LogP contribution is 2.24. The van der Waals surface area contributed by atoms with Gasteiger partial charge < -0.3 is 5.32 Å². The van der Waals surface area contributed by atoms with E-state index in [-0.39, 0.29) is 0 Å². The molecular formula is C13H27N. The van der Waals surface area contributed by atoms with Crippen LogP contribution in [-0.4, -0.2) is 12.1 Å². The molecule has 0 aromatic heterocycles. The van der Waals surface area contributed by atoms with Gasteiger partial charge in [-0.25, -0.2) is 0 Å². The molecule has 0 bridgehead atoms. The van der Waals surface area contributed by atoms with Crippen molar-refractivity contribution in [3.8, 4) is 0 Å². The van der Waals surface area contributed by atoms with Gasteiger partial charge in [0.05, 0.1) is 0 Å². The van der Waals surface area contributed by atoms with Gasteiger partial charge in [0.25, 0.3) is 0 Å². The predicted octanol–water partition coefficient (Wildman–Crippen LogP) is 3.59. The molecule has 1 atom stereocenters. The summed E-state index contributed by atoms with van der Waals surface area (Å²) < 4.78 is 0. The van der Waals surface area contributed by atoms with Crippen LogP contribution in [0.5, 0.6) is 0 Å². The average Bonchev–Trinajstić information content (AvgIpc) is 2.07. The van der Waals surface area contributed by atoms with Crippen molar-refractivity contribution in [2.24, 2.45) is 11.8 Å². The zero-order chi connectivity index (χ0) is 10.6. The van der Waals surface area contributed by atoms with Crippen LogP contribution in [0, 0.1) is 11.8 Å². The van der Waals surface area contributed by atoms with E-state index in [0.29, 0.717) is 6.04 Å². The summed E-state index contributed by atoms with van der Waals surface area (Å²) in [5.41, 5.74) is 0. The molecule has 1 nitrogen and oxygen atoms in total. The normalized spacial score (nSPS) is 30.6. The molecule has 1 rings (SSSR count). The maximum Gasteiger partial charge on any atom is 0.00697 e. The minimum Gasteiger partial charge on any atom is -0.311 e. The van der Waals surface area contributed by atoms with Gasteiger partial charge in [-0.1, -0.05) is 20.8 Å². The van der Waals surface area contributed by atoms with Crippen LogP contribution in [-0.2, 0) is 0 Å². The van der Waals surface area contributed by atoms with Gasteiger partial charge in [0, 0.05) is 12.1 Å². The molecule has 1 heteroatoms. The van der Waals surface area contributed by atoms with Gasteiger partial charge in [-0.05, 0) is 50.9 Å². The lowest BCUT2D eigenvalue weighted by atomic mass is 9.87. The first-order valence-corrected chi connectivity index (χ1v) is 6.34. The van der Waals surface area contributed by atoms with Crippen LogP contribution in [0.25, 0.3) is 0 Å². The first-order chi connectivity index (χ1) is 6.58. The minimum atomic E-state index is 0.702. The molecule has 0 amide bonds. The van der Waals surface area contributed by atoms with Crippen LogP contribution < -0.4 is 5.32 Å². The monoisotopic (exact) mass is 197 g/mol. The predicted molar refractivity (Wildman–Crippen MR) is 63.5 cm³/mol. The highest BCUT2D eigenvalue weighted by Gasteiger charge is 2.19. The zero-order valence-corrected chi connectivity index (χ0v) is 10.3. The van der Waals surface area contributed by atoms with E-state index < -0.39 is 0 Å². The summed E-state index contributed by atoms with van der Waals surface area (Å²) in [6.07, 6.45) is 6.94. The lowest BCUT2D eigenvalue weighted by molar-refractivity contribution is 0.279. The smallest absolute Gasteiger partial charge is 0.00697 e. The topological polar surface area (TPSA) is 12.0 Å². The minimum absolute atomic E-state index is 0.702. The lowest BCUT2D eigenvalue weighted by Gasteiger charge is -2.30. The molecule has 0 aromatic rings. The Bertz CT molecular complexity index is 145. The van der Waals surface area contributed by atoms with Crippen LogP contribution in [0.4, 0.5) is 0 Å². The van der Waals surface area contributed by atoms with Crippen molar-refractivity contribution in [2.45, 2.75) is 71.9 Å². The third kappa shape index (κ3) is 4.45. The van der Waals surface area contributed by atoms with Crippen LogP contribution in [0.1, 0.15) is 59.8 Å². The van der Waals surface area contributed by atoms with E-state index in [1.165, 1.54) is 32.1 Å². The Morgan fingerprint density at radius 2 is 1.64 bits per heavy atom. The molecule has 0 aliphatic heterocycles. The molecule has 0 spiro atoms. The Morgan fingerprint density at radius 3 is 2.14 bits per heavy atom. The van der Waals surface area contributed by atoms with Crippen LogP contribution in [0.15, 0.2) is 0 Å². The molecular weight excluding hydrogens is 170 g/mol. The van der Waals surface area contributed by atoms with E-state index in [0.717, 1.165) is 17.9 Å². The third-order valence-corrected chi connectivity index (χ3v) is 3.36. The van der Waals surface area contributed by atoms with Gasteiger partial charge in [-0.2, -0.15) is 0 Å². The van der Waals surface area contributed by atoms with Gasteiger partial charge in [-0.3, -0.25) is 0 Å².